The minimum Gasteiger partial charge on any atom is -0.355 e. The molecular formula is C17H26N2O2S. The molecule has 1 aromatic rings. The highest BCUT2D eigenvalue weighted by atomic mass is 32.1. The first kappa shape index (κ1) is 17.0. The van der Waals surface area contributed by atoms with E-state index >= 15 is 0 Å². The molecule has 0 aliphatic heterocycles. The van der Waals surface area contributed by atoms with Gasteiger partial charge in [-0.15, -0.1) is 11.3 Å². The van der Waals surface area contributed by atoms with E-state index in [1.807, 2.05) is 5.38 Å². The molecule has 0 radical (unpaired) electrons. The summed E-state index contributed by atoms with van der Waals surface area (Å²) in [7, 11) is 0. The molecule has 1 unspecified atom stereocenters. The maximum absolute atomic E-state index is 12.3. The van der Waals surface area contributed by atoms with Gasteiger partial charge in [0.1, 0.15) is 0 Å². The van der Waals surface area contributed by atoms with Crippen LogP contribution in [0, 0.1) is 11.3 Å². The lowest BCUT2D eigenvalue weighted by molar-refractivity contribution is -0.118. The van der Waals surface area contributed by atoms with Gasteiger partial charge in [-0.2, -0.15) is 0 Å². The molecule has 22 heavy (non-hydrogen) atoms. The molecule has 2 N–H and O–H groups in total. The Morgan fingerprint density at radius 2 is 1.95 bits per heavy atom. The first-order valence-electron chi connectivity index (χ1n) is 7.91. The molecule has 0 bridgehead atoms. The fraction of sp³-hybridized carbons (Fsp3) is 0.647. The van der Waals surface area contributed by atoms with Gasteiger partial charge in [0.15, 0.2) is 0 Å². The molecule has 2 rings (SSSR count). The van der Waals surface area contributed by atoms with Crippen LogP contribution in [0.4, 0.5) is 0 Å². The average molecular weight is 322 g/mol. The van der Waals surface area contributed by atoms with Crippen molar-refractivity contribution in [2.24, 2.45) is 11.3 Å². The van der Waals surface area contributed by atoms with Gasteiger partial charge in [-0.25, -0.2) is 0 Å². The van der Waals surface area contributed by atoms with Crippen molar-refractivity contribution < 1.29 is 9.59 Å². The van der Waals surface area contributed by atoms with Gasteiger partial charge in [-0.1, -0.05) is 20.8 Å². The van der Waals surface area contributed by atoms with Crippen molar-refractivity contribution in [3.05, 3.63) is 21.4 Å². The van der Waals surface area contributed by atoms with Crippen LogP contribution in [0.2, 0.25) is 0 Å². The van der Waals surface area contributed by atoms with Gasteiger partial charge in [0.25, 0.3) is 5.91 Å². The molecular weight excluding hydrogens is 296 g/mol. The molecule has 0 aromatic carbocycles. The van der Waals surface area contributed by atoms with Crippen molar-refractivity contribution >= 4 is 23.2 Å². The van der Waals surface area contributed by atoms with Crippen LogP contribution in [0.15, 0.2) is 5.38 Å². The van der Waals surface area contributed by atoms with Gasteiger partial charge in [0.05, 0.1) is 5.56 Å². The second kappa shape index (κ2) is 6.82. The van der Waals surface area contributed by atoms with Crippen molar-refractivity contribution in [2.75, 3.05) is 13.1 Å². The summed E-state index contributed by atoms with van der Waals surface area (Å²) in [4.78, 5) is 24.5. The number of fused-ring (bicyclic) bond motifs is 1. The summed E-state index contributed by atoms with van der Waals surface area (Å²) >= 11 is 1.71. The summed E-state index contributed by atoms with van der Waals surface area (Å²) in [5.41, 5.74) is 2.39. The van der Waals surface area contributed by atoms with Gasteiger partial charge in [0, 0.05) is 30.3 Å². The molecule has 1 aromatic heterocycles. The van der Waals surface area contributed by atoms with E-state index in [1.165, 1.54) is 17.4 Å². The molecule has 0 saturated heterocycles. The lowest BCUT2D eigenvalue weighted by atomic mass is 9.72. The normalized spacial score (nSPS) is 17.7. The SMILES string of the molecule is CC(=O)NCCNC(=O)c1csc2c1CCC(C(C)(C)C)C2. The number of hydrogen-bond acceptors (Lipinski definition) is 3. The predicted octanol–water partition coefficient (Wildman–Crippen LogP) is 2.77. The van der Waals surface area contributed by atoms with Gasteiger partial charge in [0.2, 0.25) is 5.91 Å². The molecule has 1 heterocycles. The van der Waals surface area contributed by atoms with E-state index in [4.69, 9.17) is 0 Å². The molecule has 122 valence electrons. The minimum absolute atomic E-state index is 0.0166. The monoisotopic (exact) mass is 322 g/mol. The lowest BCUT2D eigenvalue weighted by Gasteiger charge is -2.34. The fourth-order valence-electron chi connectivity index (χ4n) is 2.95. The minimum atomic E-state index is -0.0737. The molecule has 4 nitrogen and oxygen atoms in total. The number of carbonyl (C=O) groups excluding carboxylic acids is 2. The van der Waals surface area contributed by atoms with E-state index in [0.29, 0.717) is 24.4 Å². The quantitative estimate of drug-likeness (QED) is 0.838. The summed E-state index contributed by atoms with van der Waals surface area (Å²) in [6.45, 7) is 9.31. The first-order valence-corrected chi connectivity index (χ1v) is 8.79. The van der Waals surface area contributed by atoms with Crippen molar-refractivity contribution in [3.8, 4) is 0 Å². The van der Waals surface area contributed by atoms with Crippen LogP contribution >= 0.6 is 11.3 Å². The maximum Gasteiger partial charge on any atom is 0.252 e. The zero-order valence-electron chi connectivity index (χ0n) is 13.9. The highest BCUT2D eigenvalue weighted by Gasteiger charge is 2.31. The molecule has 0 fully saturated rings. The summed E-state index contributed by atoms with van der Waals surface area (Å²) in [6.07, 6.45) is 3.23. The Balaban J connectivity index is 1.96. The van der Waals surface area contributed by atoms with Gasteiger partial charge in [-0.3, -0.25) is 9.59 Å². The number of hydrogen-bond donors (Lipinski definition) is 2. The highest BCUT2D eigenvalue weighted by Crippen LogP contribution is 2.40. The molecule has 1 aliphatic carbocycles. The zero-order chi connectivity index (χ0) is 16.3. The number of carbonyl (C=O) groups is 2. The average Bonchev–Trinajstić information content (AvgIpc) is 2.85. The van der Waals surface area contributed by atoms with Crippen molar-refractivity contribution in [1.82, 2.24) is 10.6 Å². The molecule has 2 amide bonds. The van der Waals surface area contributed by atoms with E-state index in [-0.39, 0.29) is 11.8 Å². The molecule has 1 aliphatic rings. The Bertz CT molecular complexity index is 557. The summed E-state index contributed by atoms with van der Waals surface area (Å²) < 4.78 is 0. The van der Waals surface area contributed by atoms with E-state index in [2.05, 4.69) is 31.4 Å². The van der Waals surface area contributed by atoms with Crippen molar-refractivity contribution in [2.45, 2.75) is 47.0 Å². The van der Waals surface area contributed by atoms with E-state index in [0.717, 1.165) is 24.8 Å². The molecule has 1 atom stereocenters. The number of amides is 2. The van der Waals surface area contributed by atoms with Gasteiger partial charge in [-0.05, 0) is 36.2 Å². The Kier molecular flexibility index (Phi) is 5.27. The van der Waals surface area contributed by atoms with Crippen LogP contribution in [0.1, 0.15) is 54.9 Å². The van der Waals surface area contributed by atoms with E-state index in [1.54, 1.807) is 11.3 Å². The smallest absolute Gasteiger partial charge is 0.252 e. The van der Waals surface area contributed by atoms with Crippen LogP contribution in [-0.2, 0) is 17.6 Å². The summed E-state index contributed by atoms with van der Waals surface area (Å²) in [5, 5.41) is 7.55. The standard InChI is InChI=1S/C17H26N2O2S/c1-11(20)18-7-8-19-16(21)14-10-22-15-9-12(17(2,3)4)5-6-13(14)15/h10,12H,5-9H2,1-4H3,(H,18,20)(H,19,21). The fourth-order valence-corrected chi connectivity index (χ4v) is 4.11. The lowest BCUT2D eigenvalue weighted by Crippen LogP contribution is -2.34. The van der Waals surface area contributed by atoms with Crippen LogP contribution in [0.5, 0.6) is 0 Å². The molecule has 0 spiro atoms. The Morgan fingerprint density at radius 3 is 2.59 bits per heavy atom. The first-order chi connectivity index (χ1) is 10.3. The van der Waals surface area contributed by atoms with Gasteiger partial charge >= 0.3 is 0 Å². The second-order valence-corrected chi connectivity index (χ2v) is 8.06. The topological polar surface area (TPSA) is 58.2 Å². The van der Waals surface area contributed by atoms with E-state index < -0.39 is 0 Å². The third-order valence-corrected chi connectivity index (χ3v) is 5.46. The van der Waals surface area contributed by atoms with Crippen LogP contribution < -0.4 is 10.6 Å². The Morgan fingerprint density at radius 1 is 1.27 bits per heavy atom. The molecule has 5 heteroatoms. The van der Waals surface area contributed by atoms with Crippen LogP contribution in [0.3, 0.4) is 0 Å². The van der Waals surface area contributed by atoms with Gasteiger partial charge < -0.3 is 10.6 Å². The summed E-state index contributed by atoms with van der Waals surface area (Å²) in [6, 6.07) is 0. The second-order valence-electron chi connectivity index (χ2n) is 7.10. The maximum atomic E-state index is 12.3. The highest BCUT2D eigenvalue weighted by molar-refractivity contribution is 7.10. The number of thiophene rings is 1. The molecule has 0 saturated carbocycles. The van der Waals surface area contributed by atoms with Crippen molar-refractivity contribution in [1.29, 1.82) is 0 Å². The number of rotatable bonds is 4. The largest absolute Gasteiger partial charge is 0.355 e. The van der Waals surface area contributed by atoms with Crippen LogP contribution in [0.25, 0.3) is 0 Å². The zero-order valence-corrected chi connectivity index (χ0v) is 14.7. The van der Waals surface area contributed by atoms with E-state index in [9.17, 15) is 9.59 Å². The van der Waals surface area contributed by atoms with Crippen molar-refractivity contribution in [3.63, 3.8) is 0 Å². The Labute approximate surface area is 136 Å². The Hall–Kier alpha value is -1.36. The summed E-state index contributed by atoms with van der Waals surface area (Å²) in [5.74, 6) is 0.599. The predicted molar refractivity (Wildman–Crippen MR) is 90.3 cm³/mol. The van der Waals surface area contributed by atoms with Crippen LogP contribution in [-0.4, -0.2) is 24.9 Å². The third kappa shape index (κ3) is 4.09. The third-order valence-electron chi connectivity index (χ3n) is 4.41. The number of nitrogens with one attached hydrogen (secondary N) is 2.